The Labute approximate surface area is 124 Å². The second kappa shape index (κ2) is 6.38. The summed E-state index contributed by atoms with van der Waals surface area (Å²) < 4.78 is 13.5. The molecule has 20 heavy (non-hydrogen) atoms. The van der Waals surface area contributed by atoms with Crippen molar-refractivity contribution in [1.29, 1.82) is 0 Å². The van der Waals surface area contributed by atoms with Crippen LogP contribution in [0, 0.1) is 19.7 Å². The van der Waals surface area contributed by atoms with Crippen molar-refractivity contribution in [3.63, 3.8) is 0 Å². The highest BCUT2D eigenvalue weighted by atomic mass is 35.5. The second-order valence-corrected chi connectivity index (χ2v) is 5.48. The van der Waals surface area contributed by atoms with Crippen molar-refractivity contribution in [3.8, 4) is 0 Å². The summed E-state index contributed by atoms with van der Waals surface area (Å²) >= 11 is 6.04. The molecule has 0 fully saturated rings. The molecule has 0 bridgehead atoms. The molecular formula is C17H19ClFN. The lowest BCUT2D eigenvalue weighted by Crippen LogP contribution is -2.19. The Kier molecular flexibility index (Phi) is 4.79. The zero-order valence-corrected chi connectivity index (χ0v) is 12.8. The van der Waals surface area contributed by atoms with Crippen LogP contribution in [0.3, 0.4) is 0 Å². The minimum absolute atomic E-state index is 0.119. The van der Waals surface area contributed by atoms with Crippen molar-refractivity contribution >= 4 is 11.6 Å². The monoisotopic (exact) mass is 291 g/mol. The fourth-order valence-electron chi connectivity index (χ4n) is 2.29. The van der Waals surface area contributed by atoms with Crippen molar-refractivity contribution in [2.24, 2.45) is 0 Å². The smallest absolute Gasteiger partial charge is 0.142 e. The van der Waals surface area contributed by atoms with Gasteiger partial charge in [-0.15, -0.1) is 0 Å². The molecule has 0 radical (unpaired) electrons. The predicted molar refractivity (Wildman–Crippen MR) is 82.8 cm³/mol. The van der Waals surface area contributed by atoms with Crippen LogP contribution in [0.2, 0.25) is 5.02 Å². The standard InChI is InChI=1S/C17H19ClFN/c1-11-7-8-13(9-12(11)2)16(20-3)10-14-5-4-6-15(19)17(14)18/h4-9,16,20H,10H2,1-3H3. The average Bonchev–Trinajstić information content (AvgIpc) is 2.44. The molecule has 0 aliphatic carbocycles. The van der Waals surface area contributed by atoms with E-state index in [2.05, 4.69) is 37.4 Å². The number of hydrogen-bond acceptors (Lipinski definition) is 1. The molecule has 2 rings (SSSR count). The number of hydrogen-bond donors (Lipinski definition) is 1. The molecule has 1 N–H and O–H groups in total. The SMILES string of the molecule is CNC(Cc1cccc(F)c1Cl)c1ccc(C)c(C)c1. The molecule has 2 aromatic rings. The van der Waals surface area contributed by atoms with Crippen LogP contribution < -0.4 is 5.32 Å². The molecule has 0 aliphatic rings. The topological polar surface area (TPSA) is 12.0 Å². The highest BCUT2D eigenvalue weighted by Gasteiger charge is 2.14. The van der Waals surface area contributed by atoms with Gasteiger partial charge in [-0.3, -0.25) is 0 Å². The van der Waals surface area contributed by atoms with Crippen LogP contribution >= 0.6 is 11.6 Å². The Hall–Kier alpha value is -1.38. The summed E-state index contributed by atoms with van der Waals surface area (Å²) in [5.41, 5.74) is 4.54. The van der Waals surface area contributed by atoms with E-state index < -0.39 is 0 Å². The van der Waals surface area contributed by atoms with Gasteiger partial charge in [0.15, 0.2) is 0 Å². The van der Waals surface area contributed by atoms with Crippen molar-refractivity contribution in [1.82, 2.24) is 5.32 Å². The molecule has 3 heteroatoms. The normalized spacial score (nSPS) is 12.4. The molecule has 1 atom stereocenters. The third-order valence-electron chi connectivity index (χ3n) is 3.74. The Balaban J connectivity index is 2.28. The second-order valence-electron chi connectivity index (χ2n) is 5.10. The molecule has 0 aromatic heterocycles. The molecule has 0 aliphatic heterocycles. The Morgan fingerprint density at radius 1 is 1.15 bits per heavy atom. The van der Waals surface area contributed by atoms with Gasteiger partial charge in [0, 0.05) is 6.04 Å². The number of halogens is 2. The van der Waals surface area contributed by atoms with Gasteiger partial charge in [-0.05, 0) is 55.6 Å². The van der Waals surface area contributed by atoms with Crippen molar-refractivity contribution < 1.29 is 4.39 Å². The first kappa shape index (κ1) is 15.0. The van der Waals surface area contributed by atoms with Crippen molar-refractivity contribution in [2.75, 3.05) is 7.05 Å². The summed E-state index contributed by atoms with van der Waals surface area (Å²) in [6.45, 7) is 4.19. The lowest BCUT2D eigenvalue weighted by atomic mass is 9.96. The largest absolute Gasteiger partial charge is 0.313 e. The van der Waals surface area contributed by atoms with Gasteiger partial charge in [0.05, 0.1) is 5.02 Å². The molecule has 0 spiro atoms. The highest BCUT2D eigenvalue weighted by Crippen LogP contribution is 2.26. The summed E-state index contributed by atoms with van der Waals surface area (Å²) in [6, 6.07) is 11.5. The predicted octanol–water partition coefficient (Wildman–Crippen LogP) is 4.60. The fraction of sp³-hybridized carbons (Fsp3) is 0.294. The number of likely N-dealkylation sites (N-methyl/N-ethyl adjacent to an activating group) is 1. The lowest BCUT2D eigenvalue weighted by molar-refractivity contribution is 0.584. The Morgan fingerprint density at radius 2 is 1.90 bits per heavy atom. The fourth-order valence-corrected chi connectivity index (χ4v) is 2.50. The molecule has 0 amide bonds. The van der Waals surface area contributed by atoms with Gasteiger partial charge < -0.3 is 5.32 Å². The zero-order chi connectivity index (χ0) is 14.7. The molecule has 2 aromatic carbocycles. The maximum absolute atomic E-state index is 13.5. The van der Waals surface area contributed by atoms with Crippen molar-refractivity contribution in [3.05, 3.63) is 69.5 Å². The van der Waals surface area contributed by atoms with Crippen LogP contribution in [0.1, 0.15) is 28.3 Å². The molecule has 1 unspecified atom stereocenters. The molecular weight excluding hydrogens is 273 g/mol. The molecule has 106 valence electrons. The first-order chi connectivity index (χ1) is 9.52. The highest BCUT2D eigenvalue weighted by molar-refractivity contribution is 6.31. The van der Waals surface area contributed by atoms with Gasteiger partial charge in [-0.25, -0.2) is 4.39 Å². The van der Waals surface area contributed by atoms with Crippen LogP contribution in [0.15, 0.2) is 36.4 Å². The van der Waals surface area contributed by atoms with E-state index in [1.54, 1.807) is 6.07 Å². The van der Waals surface area contributed by atoms with Crippen LogP contribution in [-0.2, 0) is 6.42 Å². The third-order valence-corrected chi connectivity index (χ3v) is 4.16. The summed E-state index contributed by atoms with van der Waals surface area (Å²) in [5.74, 6) is -0.362. The van der Waals surface area contributed by atoms with Crippen LogP contribution in [-0.4, -0.2) is 7.05 Å². The van der Waals surface area contributed by atoms with Crippen LogP contribution in [0.5, 0.6) is 0 Å². The van der Waals surface area contributed by atoms with Crippen LogP contribution in [0.25, 0.3) is 0 Å². The summed E-state index contributed by atoms with van der Waals surface area (Å²) in [7, 11) is 1.91. The van der Waals surface area contributed by atoms with Gasteiger partial charge in [0.2, 0.25) is 0 Å². The summed E-state index contributed by atoms with van der Waals surface area (Å²) in [4.78, 5) is 0. The maximum Gasteiger partial charge on any atom is 0.142 e. The van der Waals surface area contributed by atoms with Gasteiger partial charge in [0.1, 0.15) is 5.82 Å². The third kappa shape index (κ3) is 3.20. The quantitative estimate of drug-likeness (QED) is 0.868. The first-order valence-electron chi connectivity index (χ1n) is 6.70. The van der Waals surface area contributed by atoms with Crippen LogP contribution in [0.4, 0.5) is 4.39 Å². The molecule has 0 saturated heterocycles. The van der Waals surface area contributed by atoms with Crippen molar-refractivity contribution in [2.45, 2.75) is 26.3 Å². The Morgan fingerprint density at radius 3 is 2.55 bits per heavy atom. The lowest BCUT2D eigenvalue weighted by Gasteiger charge is -2.19. The van der Waals surface area contributed by atoms with E-state index in [-0.39, 0.29) is 16.9 Å². The van der Waals surface area contributed by atoms with E-state index in [0.29, 0.717) is 6.42 Å². The summed E-state index contributed by atoms with van der Waals surface area (Å²) in [5, 5.41) is 3.50. The number of rotatable bonds is 4. The zero-order valence-electron chi connectivity index (χ0n) is 12.0. The number of aryl methyl sites for hydroxylation is 2. The van der Waals surface area contributed by atoms with E-state index in [4.69, 9.17) is 11.6 Å². The van der Waals surface area contributed by atoms with Gasteiger partial charge in [-0.2, -0.15) is 0 Å². The molecule has 0 saturated carbocycles. The Bertz CT molecular complexity index is 610. The number of nitrogens with one attached hydrogen (secondary N) is 1. The maximum atomic E-state index is 13.5. The van der Waals surface area contributed by atoms with E-state index in [1.165, 1.54) is 22.8 Å². The molecule has 1 nitrogen and oxygen atoms in total. The van der Waals surface area contributed by atoms with E-state index in [0.717, 1.165) is 5.56 Å². The summed E-state index contributed by atoms with van der Waals surface area (Å²) in [6.07, 6.45) is 0.662. The first-order valence-corrected chi connectivity index (χ1v) is 7.08. The van der Waals surface area contributed by atoms with E-state index in [1.807, 2.05) is 13.1 Å². The van der Waals surface area contributed by atoms with Gasteiger partial charge in [0.25, 0.3) is 0 Å². The van der Waals surface area contributed by atoms with E-state index >= 15 is 0 Å². The number of benzene rings is 2. The average molecular weight is 292 g/mol. The van der Waals surface area contributed by atoms with Gasteiger partial charge in [-0.1, -0.05) is 41.9 Å². The minimum atomic E-state index is -0.362. The van der Waals surface area contributed by atoms with E-state index in [9.17, 15) is 4.39 Å². The van der Waals surface area contributed by atoms with Gasteiger partial charge >= 0.3 is 0 Å². The molecule has 0 heterocycles. The minimum Gasteiger partial charge on any atom is -0.313 e.